The molecule has 0 spiro atoms. The number of β-amino-alcohol motifs (C(OH)–C–C–N with tert-alkyl or cyclic N) is 1. The molecule has 0 unspecified atom stereocenters. The predicted molar refractivity (Wildman–Crippen MR) is 84.1 cm³/mol. The first kappa shape index (κ1) is 15.0. The third kappa shape index (κ3) is 3.47. The van der Waals surface area contributed by atoms with Crippen LogP contribution in [0.3, 0.4) is 0 Å². The van der Waals surface area contributed by atoms with Gasteiger partial charge in [-0.15, -0.1) is 0 Å². The van der Waals surface area contributed by atoms with E-state index in [1.54, 1.807) is 0 Å². The van der Waals surface area contributed by atoms with Crippen molar-refractivity contribution >= 4 is 17.4 Å². The molecule has 2 fully saturated rings. The Bertz CT molecular complexity index is 507. The van der Waals surface area contributed by atoms with Crippen LogP contribution in [0.25, 0.3) is 0 Å². The third-order valence-electron chi connectivity index (χ3n) is 4.32. The van der Waals surface area contributed by atoms with Crippen LogP contribution in [-0.4, -0.2) is 59.3 Å². The molecule has 1 aliphatic carbocycles. The minimum absolute atomic E-state index is 0.226. The Hall–Kier alpha value is -0.910. The molecule has 0 amide bonds. The molecular weight excluding hydrogens is 288 g/mol. The van der Waals surface area contributed by atoms with Gasteiger partial charge in [0.25, 0.3) is 0 Å². The average Bonchev–Trinajstić information content (AvgIpc) is 3.29. The molecule has 0 radical (unpaired) electrons. The molecular formula is C15H23ClN4O. The largest absolute Gasteiger partial charge is 0.395 e. The third-order valence-corrected chi connectivity index (χ3v) is 4.69. The van der Waals surface area contributed by atoms with Crippen LogP contribution in [0.15, 0.2) is 0 Å². The van der Waals surface area contributed by atoms with Gasteiger partial charge in [-0.05, 0) is 32.7 Å². The second-order valence-electron chi connectivity index (χ2n) is 6.00. The summed E-state index contributed by atoms with van der Waals surface area (Å²) in [6.07, 6.45) is 3.45. The summed E-state index contributed by atoms with van der Waals surface area (Å²) in [6.45, 7) is 6.89. The number of nitrogens with zero attached hydrogens (tertiary/aromatic N) is 4. The van der Waals surface area contributed by atoms with Crippen LogP contribution in [0.4, 0.5) is 5.82 Å². The van der Waals surface area contributed by atoms with Gasteiger partial charge in [0.2, 0.25) is 0 Å². The monoisotopic (exact) mass is 310 g/mol. The highest BCUT2D eigenvalue weighted by Crippen LogP contribution is 2.40. The Morgan fingerprint density at radius 2 is 2.00 bits per heavy atom. The van der Waals surface area contributed by atoms with E-state index in [2.05, 4.69) is 14.8 Å². The first-order valence-electron chi connectivity index (χ1n) is 7.81. The van der Waals surface area contributed by atoms with E-state index < -0.39 is 0 Å². The minimum atomic E-state index is 0.226. The molecule has 1 aliphatic heterocycles. The van der Waals surface area contributed by atoms with Crippen LogP contribution in [0, 0.1) is 6.92 Å². The lowest BCUT2D eigenvalue weighted by Crippen LogP contribution is -2.33. The van der Waals surface area contributed by atoms with Gasteiger partial charge in [0.15, 0.2) is 0 Å². The fraction of sp³-hybridized carbons (Fsp3) is 0.733. The molecule has 0 aromatic carbocycles. The van der Waals surface area contributed by atoms with Crippen molar-refractivity contribution in [2.75, 3.05) is 44.2 Å². The Morgan fingerprint density at radius 1 is 1.19 bits per heavy atom. The number of aliphatic hydroxyl groups is 1. The predicted octanol–water partition coefficient (Wildman–Crippen LogP) is 1.82. The number of hydrogen-bond donors (Lipinski definition) is 1. The molecule has 0 atom stereocenters. The number of aliphatic hydroxyl groups excluding tert-OH is 1. The molecule has 1 aromatic rings. The normalized spacial score (nSPS) is 20.6. The number of rotatable bonds is 4. The second-order valence-corrected chi connectivity index (χ2v) is 6.36. The summed E-state index contributed by atoms with van der Waals surface area (Å²) in [5.41, 5.74) is 0.983. The fourth-order valence-electron chi connectivity index (χ4n) is 2.87. The van der Waals surface area contributed by atoms with E-state index in [0.717, 1.165) is 56.4 Å². The van der Waals surface area contributed by atoms with Gasteiger partial charge in [-0.2, -0.15) is 0 Å². The van der Waals surface area contributed by atoms with E-state index >= 15 is 0 Å². The first-order valence-corrected chi connectivity index (χ1v) is 8.19. The molecule has 1 N–H and O–H groups in total. The smallest absolute Gasteiger partial charge is 0.137 e. The van der Waals surface area contributed by atoms with Crippen LogP contribution in [0.2, 0.25) is 5.15 Å². The minimum Gasteiger partial charge on any atom is -0.395 e. The maximum absolute atomic E-state index is 9.08. The van der Waals surface area contributed by atoms with Gasteiger partial charge in [-0.25, -0.2) is 9.97 Å². The summed E-state index contributed by atoms with van der Waals surface area (Å²) < 4.78 is 0. The topological polar surface area (TPSA) is 52.5 Å². The molecule has 5 nitrogen and oxygen atoms in total. The van der Waals surface area contributed by atoms with Crippen molar-refractivity contribution in [3.8, 4) is 0 Å². The van der Waals surface area contributed by atoms with Gasteiger partial charge in [0.1, 0.15) is 16.8 Å². The summed E-state index contributed by atoms with van der Waals surface area (Å²) in [5.74, 6) is 2.43. The standard InChI is InChI=1S/C15H23ClN4O/c1-11-13(16)17-14(12-3-4-12)18-15(11)20-6-2-5-19(7-8-20)9-10-21/h12,21H,2-10H2,1H3. The van der Waals surface area contributed by atoms with Crippen molar-refractivity contribution < 1.29 is 5.11 Å². The van der Waals surface area contributed by atoms with Gasteiger partial charge in [-0.3, -0.25) is 4.90 Å². The van der Waals surface area contributed by atoms with Crippen LogP contribution < -0.4 is 4.90 Å². The Morgan fingerprint density at radius 3 is 2.71 bits per heavy atom. The lowest BCUT2D eigenvalue weighted by molar-refractivity contribution is 0.204. The lowest BCUT2D eigenvalue weighted by Gasteiger charge is -2.24. The fourth-order valence-corrected chi connectivity index (χ4v) is 3.04. The maximum Gasteiger partial charge on any atom is 0.137 e. The lowest BCUT2D eigenvalue weighted by atomic mass is 10.2. The van der Waals surface area contributed by atoms with Crippen molar-refractivity contribution in [3.63, 3.8) is 0 Å². The van der Waals surface area contributed by atoms with Gasteiger partial charge >= 0.3 is 0 Å². The summed E-state index contributed by atoms with van der Waals surface area (Å²) in [5, 5.41) is 9.68. The zero-order valence-electron chi connectivity index (χ0n) is 12.6. The number of anilines is 1. The van der Waals surface area contributed by atoms with Crippen molar-refractivity contribution in [3.05, 3.63) is 16.5 Å². The SMILES string of the molecule is Cc1c(Cl)nc(C2CC2)nc1N1CCCN(CCO)CC1. The molecule has 2 aliphatic rings. The Kier molecular flexibility index (Phi) is 4.62. The molecule has 1 aromatic heterocycles. The number of hydrogen-bond acceptors (Lipinski definition) is 5. The van der Waals surface area contributed by atoms with Crippen LogP contribution in [0.5, 0.6) is 0 Å². The average molecular weight is 311 g/mol. The summed E-state index contributed by atoms with van der Waals surface area (Å²) in [7, 11) is 0. The number of aromatic nitrogens is 2. The highest BCUT2D eigenvalue weighted by Gasteiger charge is 2.29. The van der Waals surface area contributed by atoms with Crippen molar-refractivity contribution in [1.82, 2.24) is 14.9 Å². The number of halogens is 1. The summed E-state index contributed by atoms with van der Waals surface area (Å²) in [6, 6.07) is 0. The van der Waals surface area contributed by atoms with Crippen LogP contribution in [0.1, 0.15) is 36.6 Å². The van der Waals surface area contributed by atoms with E-state index in [-0.39, 0.29) is 6.61 Å². The van der Waals surface area contributed by atoms with E-state index in [1.165, 1.54) is 12.8 Å². The van der Waals surface area contributed by atoms with E-state index in [1.807, 2.05) is 6.92 Å². The molecule has 3 rings (SSSR count). The molecule has 2 heterocycles. The highest BCUT2D eigenvalue weighted by molar-refractivity contribution is 6.30. The second kappa shape index (κ2) is 6.46. The molecule has 6 heteroatoms. The Balaban J connectivity index is 1.79. The highest BCUT2D eigenvalue weighted by atomic mass is 35.5. The summed E-state index contributed by atoms with van der Waals surface area (Å²) in [4.78, 5) is 13.9. The quantitative estimate of drug-likeness (QED) is 0.860. The first-order chi connectivity index (χ1) is 10.2. The van der Waals surface area contributed by atoms with Crippen molar-refractivity contribution in [2.45, 2.75) is 32.1 Å². The summed E-state index contributed by atoms with van der Waals surface area (Å²) >= 11 is 6.31. The maximum atomic E-state index is 9.08. The van der Waals surface area contributed by atoms with Gasteiger partial charge in [0.05, 0.1) is 6.61 Å². The zero-order chi connectivity index (χ0) is 14.8. The van der Waals surface area contributed by atoms with Gasteiger partial charge in [0, 0.05) is 37.7 Å². The van der Waals surface area contributed by atoms with Gasteiger partial charge < -0.3 is 10.0 Å². The van der Waals surface area contributed by atoms with E-state index in [0.29, 0.717) is 11.1 Å². The van der Waals surface area contributed by atoms with Gasteiger partial charge in [-0.1, -0.05) is 11.6 Å². The molecule has 1 saturated heterocycles. The van der Waals surface area contributed by atoms with Crippen molar-refractivity contribution in [1.29, 1.82) is 0 Å². The Labute approximate surface area is 130 Å². The van der Waals surface area contributed by atoms with Crippen LogP contribution in [-0.2, 0) is 0 Å². The molecule has 21 heavy (non-hydrogen) atoms. The van der Waals surface area contributed by atoms with Crippen molar-refractivity contribution in [2.24, 2.45) is 0 Å². The molecule has 116 valence electrons. The molecule has 0 bridgehead atoms. The van der Waals surface area contributed by atoms with E-state index in [4.69, 9.17) is 21.7 Å². The molecule has 1 saturated carbocycles. The zero-order valence-corrected chi connectivity index (χ0v) is 13.3. The van der Waals surface area contributed by atoms with Crippen LogP contribution >= 0.6 is 11.6 Å². The van der Waals surface area contributed by atoms with E-state index in [9.17, 15) is 0 Å².